The summed E-state index contributed by atoms with van der Waals surface area (Å²) in [5.41, 5.74) is 1.22. The maximum Gasteiger partial charge on any atom is 0.0897 e. The fraction of sp³-hybridized carbons (Fsp3) is 0.538. The van der Waals surface area contributed by atoms with Crippen molar-refractivity contribution in [3.63, 3.8) is 0 Å². The van der Waals surface area contributed by atoms with Gasteiger partial charge in [-0.15, -0.1) is 11.8 Å². The van der Waals surface area contributed by atoms with Crippen molar-refractivity contribution in [1.82, 2.24) is 4.90 Å². The van der Waals surface area contributed by atoms with Crippen molar-refractivity contribution in [2.24, 2.45) is 0 Å². The van der Waals surface area contributed by atoms with Gasteiger partial charge in [0.05, 0.1) is 12.7 Å². The van der Waals surface area contributed by atoms with Crippen LogP contribution in [0.4, 0.5) is 0 Å². The molecule has 0 heterocycles. The SMILES string of the molecule is CCSc1ccc(CN(C)CC(O)CO)cc1. The minimum Gasteiger partial charge on any atom is -0.394 e. The highest BCUT2D eigenvalue weighted by Gasteiger charge is 2.07. The van der Waals surface area contributed by atoms with Crippen molar-refractivity contribution < 1.29 is 10.2 Å². The third-order valence-electron chi connectivity index (χ3n) is 2.42. The topological polar surface area (TPSA) is 43.7 Å². The van der Waals surface area contributed by atoms with Gasteiger partial charge in [0.15, 0.2) is 0 Å². The fourth-order valence-corrected chi connectivity index (χ4v) is 2.31. The lowest BCUT2D eigenvalue weighted by Gasteiger charge is -2.19. The molecule has 1 aromatic rings. The van der Waals surface area contributed by atoms with Gasteiger partial charge in [0, 0.05) is 18.0 Å². The summed E-state index contributed by atoms with van der Waals surface area (Å²) in [4.78, 5) is 3.29. The molecule has 17 heavy (non-hydrogen) atoms. The van der Waals surface area contributed by atoms with Gasteiger partial charge in [0.1, 0.15) is 0 Å². The molecule has 0 fully saturated rings. The van der Waals surface area contributed by atoms with Gasteiger partial charge in [-0.05, 0) is 30.5 Å². The van der Waals surface area contributed by atoms with Crippen LogP contribution in [0.2, 0.25) is 0 Å². The summed E-state index contributed by atoms with van der Waals surface area (Å²) >= 11 is 1.83. The van der Waals surface area contributed by atoms with E-state index in [2.05, 4.69) is 31.2 Å². The number of rotatable bonds is 7. The first-order chi connectivity index (χ1) is 8.15. The van der Waals surface area contributed by atoms with Crippen molar-refractivity contribution in [2.75, 3.05) is 26.0 Å². The van der Waals surface area contributed by atoms with Crippen LogP contribution in [-0.4, -0.2) is 47.2 Å². The number of likely N-dealkylation sites (N-methyl/N-ethyl adjacent to an activating group) is 1. The van der Waals surface area contributed by atoms with E-state index in [9.17, 15) is 5.11 Å². The van der Waals surface area contributed by atoms with E-state index in [4.69, 9.17) is 5.11 Å². The van der Waals surface area contributed by atoms with Crippen molar-refractivity contribution in [1.29, 1.82) is 0 Å². The predicted molar refractivity (Wildman–Crippen MR) is 72.3 cm³/mol. The Morgan fingerprint density at radius 3 is 2.47 bits per heavy atom. The van der Waals surface area contributed by atoms with E-state index in [-0.39, 0.29) is 6.61 Å². The highest BCUT2D eigenvalue weighted by molar-refractivity contribution is 7.99. The molecule has 0 saturated heterocycles. The maximum absolute atomic E-state index is 9.33. The molecule has 2 N–H and O–H groups in total. The standard InChI is InChI=1S/C13H21NO2S/c1-3-17-13-6-4-11(5-7-13)8-14(2)9-12(16)10-15/h4-7,12,15-16H,3,8-10H2,1-2H3. The van der Waals surface area contributed by atoms with Crippen LogP contribution in [0, 0.1) is 0 Å². The zero-order chi connectivity index (χ0) is 12.7. The Bertz CT molecular complexity index is 316. The Morgan fingerprint density at radius 1 is 1.29 bits per heavy atom. The Hall–Kier alpha value is -0.550. The lowest BCUT2D eigenvalue weighted by Crippen LogP contribution is -2.30. The Morgan fingerprint density at radius 2 is 1.94 bits per heavy atom. The molecule has 1 unspecified atom stereocenters. The number of aliphatic hydroxyl groups is 2. The molecule has 1 aromatic carbocycles. The molecule has 0 aliphatic heterocycles. The van der Waals surface area contributed by atoms with E-state index in [0.717, 1.165) is 12.3 Å². The first-order valence-electron chi connectivity index (χ1n) is 5.85. The summed E-state index contributed by atoms with van der Waals surface area (Å²) in [6.45, 7) is 3.23. The monoisotopic (exact) mass is 255 g/mol. The second-order valence-electron chi connectivity index (χ2n) is 4.11. The molecule has 0 aliphatic rings. The van der Waals surface area contributed by atoms with Gasteiger partial charge in [-0.1, -0.05) is 19.1 Å². The van der Waals surface area contributed by atoms with Crippen LogP contribution in [0.1, 0.15) is 12.5 Å². The summed E-state index contributed by atoms with van der Waals surface area (Å²) in [7, 11) is 1.94. The molecule has 0 saturated carbocycles. The van der Waals surface area contributed by atoms with Crippen LogP contribution in [0.15, 0.2) is 29.2 Å². The Kier molecular flexibility index (Phi) is 6.58. The third-order valence-corrected chi connectivity index (χ3v) is 3.31. The van der Waals surface area contributed by atoms with Gasteiger partial charge < -0.3 is 10.2 Å². The van der Waals surface area contributed by atoms with Gasteiger partial charge in [-0.3, -0.25) is 4.90 Å². The minimum absolute atomic E-state index is 0.184. The first kappa shape index (κ1) is 14.5. The molecule has 0 radical (unpaired) electrons. The van der Waals surface area contributed by atoms with E-state index in [1.54, 1.807) is 0 Å². The van der Waals surface area contributed by atoms with E-state index >= 15 is 0 Å². The van der Waals surface area contributed by atoms with Crippen molar-refractivity contribution in [2.45, 2.75) is 24.5 Å². The number of hydrogen-bond acceptors (Lipinski definition) is 4. The summed E-state index contributed by atoms with van der Waals surface area (Å²) < 4.78 is 0. The zero-order valence-electron chi connectivity index (χ0n) is 10.5. The van der Waals surface area contributed by atoms with Crippen LogP contribution < -0.4 is 0 Å². The predicted octanol–water partition coefficient (Wildman–Crippen LogP) is 1.58. The molecule has 0 spiro atoms. The highest BCUT2D eigenvalue weighted by atomic mass is 32.2. The molecule has 1 atom stereocenters. The minimum atomic E-state index is -0.657. The molecule has 0 amide bonds. The van der Waals surface area contributed by atoms with Crippen LogP contribution in [0.5, 0.6) is 0 Å². The Balaban J connectivity index is 2.45. The fourth-order valence-electron chi connectivity index (χ4n) is 1.65. The molecule has 4 heteroatoms. The third kappa shape index (κ3) is 5.55. The number of hydrogen-bond donors (Lipinski definition) is 2. The molecule has 96 valence electrons. The van der Waals surface area contributed by atoms with E-state index in [1.807, 2.05) is 23.7 Å². The molecular formula is C13H21NO2S. The molecule has 0 aromatic heterocycles. The van der Waals surface area contributed by atoms with Crippen LogP contribution in [0.25, 0.3) is 0 Å². The van der Waals surface area contributed by atoms with Gasteiger partial charge in [-0.25, -0.2) is 0 Å². The molecular weight excluding hydrogens is 234 g/mol. The maximum atomic E-state index is 9.33. The molecule has 1 rings (SSSR count). The van der Waals surface area contributed by atoms with Crippen molar-refractivity contribution >= 4 is 11.8 Å². The second-order valence-corrected chi connectivity index (χ2v) is 5.45. The smallest absolute Gasteiger partial charge is 0.0897 e. The zero-order valence-corrected chi connectivity index (χ0v) is 11.3. The highest BCUT2D eigenvalue weighted by Crippen LogP contribution is 2.18. The van der Waals surface area contributed by atoms with Crippen molar-refractivity contribution in [3.05, 3.63) is 29.8 Å². The first-order valence-corrected chi connectivity index (χ1v) is 6.83. The number of aliphatic hydroxyl groups excluding tert-OH is 2. The molecule has 0 bridgehead atoms. The summed E-state index contributed by atoms with van der Waals surface area (Å²) in [6.07, 6.45) is -0.657. The van der Waals surface area contributed by atoms with Crippen LogP contribution in [-0.2, 0) is 6.54 Å². The van der Waals surface area contributed by atoms with Crippen molar-refractivity contribution in [3.8, 4) is 0 Å². The summed E-state index contributed by atoms with van der Waals surface area (Å²) in [6, 6.07) is 8.47. The van der Waals surface area contributed by atoms with Gasteiger partial charge in [0.2, 0.25) is 0 Å². The largest absolute Gasteiger partial charge is 0.394 e. The van der Waals surface area contributed by atoms with E-state index in [1.165, 1.54) is 10.5 Å². The average molecular weight is 255 g/mol. The average Bonchev–Trinajstić information content (AvgIpc) is 2.31. The quantitative estimate of drug-likeness (QED) is 0.726. The molecule has 0 aliphatic carbocycles. The summed E-state index contributed by atoms with van der Waals surface area (Å²) in [5, 5.41) is 18.1. The van der Waals surface area contributed by atoms with Gasteiger partial charge >= 0.3 is 0 Å². The van der Waals surface area contributed by atoms with E-state index in [0.29, 0.717) is 6.54 Å². The molecule has 3 nitrogen and oxygen atoms in total. The summed E-state index contributed by atoms with van der Waals surface area (Å²) in [5.74, 6) is 1.09. The number of benzene rings is 1. The van der Waals surface area contributed by atoms with Crippen LogP contribution in [0.3, 0.4) is 0 Å². The number of thioether (sulfide) groups is 1. The normalized spacial score (nSPS) is 13.0. The lowest BCUT2D eigenvalue weighted by atomic mass is 10.2. The van der Waals surface area contributed by atoms with Crippen LogP contribution >= 0.6 is 11.8 Å². The van der Waals surface area contributed by atoms with Gasteiger partial charge in [0.25, 0.3) is 0 Å². The number of nitrogens with zero attached hydrogens (tertiary/aromatic N) is 1. The van der Waals surface area contributed by atoms with Gasteiger partial charge in [-0.2, -0.15) is 0 Å². The Labute approximate surface area is 107 Å². The lowest BCUT2D eigenvalue weighted by molar-refractivity contribution is 0.0648. The van der Waals surface area contributed by atoms with E-state index < -0.39 is 6.10 Å². The second kappa shape index (κ2) is 7.71.